The average Bonchev–Trinajstić information content (AvgIpc) is 2.30. The fourth-order valence-corrected chi connectivity index (χ4v) is 2.50. The minimum absolute atomic E-state index is 0.765. The molecule has 68 valence electrons. The quantitative estimate of drug-likeness (QED) is 0.539. The maximum Gasteiger partial charge on any atom is 0.0281 e. The molecule has 2 aliphatic rings. The Balaban J connectivity index is 2.18. The van der Waals surface area contributed by atoms with Crippen molar-refractivity contribution in [3.63, 3.8) is 0 Å². The van der Waals surface area contributed by atoms with Crippen molar-refractivity contribution >= 4 is 0 Å². The van der Waals surface area contributed by atoms with Gasteiger partial charge in [-0.1, -0.05) is 25.5 Å². The van der Waals surface area contributed by atoms with Crippen LogP contribution >= 0.6 is 0 Å². The summed E-state index contributed by atoms with van der Waals surface area (Å²) in [4.78, 5) is 2.55. The van der Waals surface area contributed by atoms with Gasteiger partial charge < -0.3 is 0 Å². The van der Waals surface area contributed by atoms with Gasteiger partial charge in [0.2, 0.25) is 0 Å². The van der Waals surface area contributed by atoms with Gasteiger partial charge in [-0.05, 0) is 32.2 Å². The second kappa shape index (κ2) is 2.88. The number of likely N-dealkylation sites (N-methyl/N-ethyl adjacent to an activating group) is 1. The van der Waals surface area contributed by atoms with Crippen LogP contribution in [0.25, 0.3) is 0 Å². The van der Waals surface area contributed by atoms with Gasteiger partial charge in [-0.15, -0.1) is 0 Å². The van der Waals surface area contributed by atoms with Crippen LogP contribution in [-0.2, 0) is 0 Å². The van der Waals surface area contributed by atoms with Crippen LogP contribution in [0.4, 0.5) is 0 Å². The maximum absolute atomic E-state index is 2.55. The van der Waals surface area contributed by atoms with Gasteiger partial charge in [-0.2, -0.15) is 0 Å². The highest BCUT2D eigenvalue weighted by Gasteiger charge is 2.33. The molecule has 0 spiro atoms. The van der Waals surface area contributed by atoms with Crippen LogP contribution in [-0.4, -0.2) is 24.0 Å². The summed E-state index contributed by atoms with van der Waals surface area (Å²) in [6, 6.07) is 1.62. The monoisotopic (exact) mass is 165 g/mol. The Morgan fingerprint density at radius 2 is 2.17 bits per heavy atom. The maximum atomic E-state index is 2.55. The second-order valence-corrected chi connectivity index (χ2v) is 4.56. The summed E-state index contributed by atoms with van der Waals surface area (Å²) in [5.74, 6) is 0.766. The van der Waals surface area contributed by atoms with Crippen LogP contribution in [0.2, 0.25) is 0 Å². The molecule has 2 heterocycles. The van der Waals surface area contributed by atoms with Crippen molar-refractivity contribution < 1.29 is 0 Å². The molecule has 2 aliphatic heterocycles. The summed E-state index contributed by atoms with van der Waals surface area (Å²) < 4.78 is 0. The van der Waals surface area contributed by atoms with Crippen molar-refractivity contribution in [3.8, 4) is 0 Å². The first kappa shape index (κ1) is 8.31. The Bertz CT molecular complexity index is 205. The highest BCUT2D eigenvalue weighted by atomic mass is 15.2. The fourth-order valence-electron chi connectivity index (χ4n) is 2.50. The van der Waals surface area contributed by atoms with Gasteiger partial charge >= 0.3 is 0 Å². The van der Waals surface area contributed by atoms with Crippen LogP contribution in [0.15, 0.2) is 11.6 Å². The molecule has 2 unspecified atom stereocenters. The average molecular weight is 165 g/mol. The minimum Gasteiger partial charge on any atom is -0.297 e. The van der Waals surface area contributed by atoms with Gasteiger partial charge in [0, 0.05) is 12.1 Å². The minimum atomic E-state index is 0.765. The first-order valence-electron chi connectivity index (χ1n) is 5.11. The molecule has 0 radical (unpaired) electrons. The largest absolute Gasteiger partial charge is 0.297 e. The Morgan fingerprint density at radius 1 is 1.42 bits per heavy atom. The lowest BCUT2D eigenvalue weighted by Crippen LogP contribution is -2.35. The van der Waals surface area contributed by atoms with E-state index in [9.17, 15) is 0 Å². The second-order valence-electron chi connectivity index (χ2n) is 4.56. The molecule has 1 fully saturated rings. The van der Waals surface area contributed by atoms with Crippen LogP contribution in [0, 0.1) is 5.92 Å². The topological polar surface area (TPSA) is 3.24 Å². The third-order valence-corrected chi connectivity index (χ3v) is 3.51. The summed E-state index contributed by atoms with van der Waals surface area (Å²) >= 11 is 0. The highest BCUT2D eigenvalue weighted by molar-refractivity contribution is 5.18. The van der Waals surface area contributed by atoms with Gasteiger partial charge in [0.25, 0.3) is 0 Å². The third kappa shape index (κ3) is 1.20. The van der Waals surface area contributed by atoms with E-state index in [-0.39, 0.29) is 0 Å². The number of hydrogen-bond donors (Lipinski definition) is 0. The number of nitrogens with zero attached hydrogens (tertiary/aromatic N) is 1. The predicted octanol–water partition coefficient (Wildman–Crippen LogP) is 2.44. The molecular weight excluding hydrogens is 146 g/mol. The SMILES string of the molecule is CC(C)C1=CC2CCC(C1)N2C. The van der Waals surface area contributed by atoms with Gasteiger partial charge in [0.05, 0.1) is 0 Å². The van der Waals surface area contributed by atoms with E-state index >= 15 is 0 Å². The van der Waals surface area contributed by atoms with E-state index in [1.807, 2.05) is 0 Å². The smallest absolute Gasteiger partial charge is 0.0281 e. The summed E-state index contributed by atoms with van der Waals surface area (Å²) in [7, 11) is 2.27. The zero-order chi connectivity index (χ0) is 8.72. The molecule has 2 atom stereocenters. The van der Waals surface area contributed by atoms with Gasteiger partial charge in [0.1, 0.15) is 0 Å². The lowest BCUT2D eigenvalue weighted by atomic mass is 9.93. The zero-order valence-electron chi connectivity index (χ0n) is 8.38. The molecule has 2 bridgehead atoms. The summed E-state index contributed by atoms with van der Waals surface area (Å²) in [6.07, 6.45) is 6.63. The Morgan fingerprint density at radius 3 is 2.75 bits per heavy atom. The Labute approximate surface area is 75.4 Å². The normalized spacial score (nSPS) is 35.8. The molecule has 0 aromatic heterocycles. The van der Waals surface area contributed by atoms with Gasteiger partial charge in [-0.3, -0.25) is 4.90 Å². The van der Waals surface area contributed by atoms with Crippen LogP contribution in [0.5, 0.6) is 0 Å². The zero-order valence-corrected chi connectivity index (χ0v) is 8.38. The summed E-state index contributed by atoms with van der Waals surface area (Å²) in [5, 5.41) is 0. The fraction of sp³-hybridized carbons (Fsp3) is 0.818. The van der Waals surface area contributed by atoms with Crippen molar-refractivity contribution in [2.45, 2.75) is 45.2 Å². The van der Waals surface area contributed by atoms with Crippen LogP contribution < -0.4 is 0 Å². The molecule has 0 aromatic rings. The standard InChI is InChI=1S/C11H19N/c1-8(2)9-6-10-4-5-11(7-9)12(10)3/h6,8,10-11H,4-5,7H2,1-3H3. The van der Waals surface area contributed by atoms with Crippen LogP contribution in [0.1, 0.15) is 33.1 Å². The first-order chi connectivity index (χ1) is 5.68. The van der Waals surface area contributed by atoms with E-state index in [0.29, 0.717) is 0 Å². The third-order valence-electron chi connectivity index (χ3n) is 3.51. The van der Waals surface area contributed by atoms with E-state index in [1.54, 1.807) is 5.57 Å². The lowest BCUT2D eigenvalue weighted by molar-refractivity contribution is 0.249. The predicted molar refractivity (Wildman–Crippen MR) is 52.1 cm³/mol. The lowest BCUT2D eigenvalue weighted by Gasteiger charge is -2.31. The van der Waals surface area contributed by atoms with E-state index < -0.39 is 0 Å². The van der Waals surface area contributed by atoms with Crippen molar-refractivity contribution in [1.82, 2.24) is 4.90 Å². The van der Waals surface area contributed by atoms with Crippen molar-refractivity contribution in [2.24, 2.45) is 5.92 Å². The van der Waals surface area contributed by atoms with Crippen molar-refractivity contribution in [3.05, 3.63) is 11.6 Å². The molecule has 12 heavy (non-hydrogen) atoms. The van der Waals surface area contributed by atoms with Gasteiger partial charge in [-0.25, -0.2) is 0 Å². The molecule has 0 aliphatic carbocycles. The first-order valence-corrected chi connectivity index (χ1v) is 5.11. The van der Waals surface area contributed by atoms with Crippen molar-refractivity contribution in [1.29, 1.82) is 0 Å². The number of fused-ring (bicyclic) bond motifs is 2. The molecule has 1 nitrogen and oxygen atoms in total. The van der Waals surface area contributed by atoms with Crippen molar-refractivity contribution in [2.75, 3.05) is 7.05 Å². The molecule has 0 amide bonds. The Kier molecular flexibility index (Phi) is 1.99. The summed E-state index contributed by atoms with van der Waals surface area (Å²) in [6.45, 7) is 4.63. The molecule has 0 aromatic carbocycles. The molecule has 1 heteroatoms. The Hall–Kier alpha value is -0.300. The molecule has 0 saturated carbocycles. The number of hydrogen-bond acceptors (Lipinski definition) is 1. The highest BCUT2D eigenvalue weighted by Crippen LogP contribution is 2.35. The summed E-state index contributed by atoms with van der Waals surface area (Å²) in [5.41, 5.74) is 1.70. The van der Waals surface area contributed by atoms with E-state index in [4.69, 9.17) is 0 Å². The molecule has 1 saturated heterocycles. The van der Waals surface area contributed by atoms with E-state index in [2.05, 4.69) is 31.9 Å². The van der Waals surface area contributed by atoms with E-state index in [1.165, 1.54) is 19.3 Å². The number of rotatable bonds is 1. The van der Waals surface area contributed by atoms with Gasteiger partial charge in [0.15, 0.2) is 0 Å². The molecule has 2 rings (SSSR count). The molecule has 0 N–H and O–H groups in total. The van der Waals surface area contributed by atoms with E-state index in [0.717, 1.165) is 18.0 Å². The molecular formula is C11H19N. The van der Waals surface area contributed by atoms with Crippen LogP contribution in [0.3, 0.4) is 0 Å².